The number of hydrogen-bond donors (Lipinski definition) is 0. The van der Waals surface area contributed by atoms with Gasteiger partial charge in [0, 0.05) is 18.2 Å². The van der Waals surface area contributed by atoms with Gasteiger partial charge in [-0.25, -0.2) is 0 Å². The van der Waals surface area contributed by atoms with E-state index in [0.717, 1.165) is 25.1 Å². The molecule has 1 saturated heterocycles. The highest BCUT2D eigenvalue weighted by Crippen LogP contribution is 2.19. The first-order valence-electron chi connectivity index (χ1n) is 7.10. The number of carbonyl (C=O) groups excluding carboxylic acids is 1. The van der Waals surface area contributed by atoms with Crippen LogP contribution in [0.5, 0.6) is 0 Å². The van der Waals surface area contributed by atoms with Gasteiger partial charge in [-0.1, -0.05) is 37.3 Å². The molecule has 1 aromatic rings. The third kappa shape index (κ3) is 3.23. The van der Waals surface area contributed by atoms with E-state index in [1.54, 1.807) is 0 Å². The van der Waals surface area contributed by atoms with Gasteiger partial charge in [0.1, 0.15) is 0 Å². The zero-order valence-electron chi connectivity index (χ0n) is 12.0. The predicted octanol–water partition coefficient (Wildman–Crippen LogP) is 2.76. The van der Waals surface area contributed by atoms with Crippen LogP contribution in [0.3, 0.4) is 0 Å². The van der Waals surface area contributed by atoms with E-state index < -0.39 is 0 Å². The molecule has 1 aliphatic rings. The molecular formula is C16H23NO2. The highest BCUT2D eigenvalue weighted by atomic mass is 16.5. The van der Waals surface area contributed by atoms with Crippen molar-refractivity contribution in [3.05, 3.63) is 35.9 Å². The standard InChI is InChI=1S/C16H23NO2/c1-4-15-11-19-12(2)10-17(15)13(3)16(18)14-8-6-5-7-9-14/h5-9,12-13,15H,4,10-11H2,1-3H3. The van der Waals surface area contributed by atoms with Gasteiger partial charge in [0.05, 0.1) is 18.8 Å². The summed E-state index contributed by atoms with van der Waals surface area (Å²) >= 11 is 0. The molecule has 0 aromatic heterocycles. The average Bonchev–Trinajstić information content (AvgIpc) is 2.46. The van der Waals surface area contributed by atoms with Crippen LogP contribution in [-0.2, 0) is 4.74 Å². The van der Waals surface area contributed by atoms with Crippen molar-refractivity contribution in [1.29, 1.82) is 0 Å². The zero-order chi connectivity index (χ0) is 13.8. The van der Waals surface area contributed by atoms with Crippen LogP contribution in [0.15, 0.2) is 30.3 Å². The van der Waals surface area contributed by atoms with E-state index in [1.807, 2.05) is 37.3 Å². The van der Waals surface area contributed by atoms with Gasteiger partial charge in [0.15, 0.2) is 5.78 Å². The largest absolute Gasteiger partial charge is 0.376 e. The molecule has 0 bridgehead atoms. The van der Waals surface area contributed by atoms with Gasteiger partial charge >= 0.3 is 0 Å². The van der Waals surface area contributed by atoms with Gasteiger partial charge in [-0.15, -0.1) is 0 Å². The summed E-state index contributed by atoms with van der Waals surface area (Å²) in [6.07, 6.45) is 1.22. The Bertz CT molecular complexity index is 418. The number of carbonyl (C=O) groups is 1. The lowest BCUT2D eigenvalue weighted by molar-refractivity contribution is -0.0648. The molecule has 1 fully saturated rings. The van der Waals surface area contributed by atoms with E-state index in [-0.39, 0.29) is 17.9 Å². The number of hydrogen-bond acceptors (Lipinski definition) is 3. The lowest BCUT2D eigenvalue weighted by Gasteiger charge is -2.41. The van der Waals surface area contributed by atoms with Crippen LogP contribution in [0, 0.1) is 0 Å². The number of rotatable bonds is 4. The van der Waals surface area contributed by atoms with Crippen LogP contribution in [-0.4, -0.2) is 42.0 Å². The molecule has 3 heteroatoms. The number of nitrogens with zero attached hydrogens (tertiary/aromatic N) is 1. The van der Waals surface area contributed by atoms with Crippen molar-refractivity contribution in [3.8, 4) is 0 Å². The van der Waals surface area contributed by atoms with Gasteiger partial charge in [0.25, 0.3) is 0 Å². The molecular weight excluding hydrogens is 238 g/mol. The Labute approximate surface area is 115 Å². The van der Waals surface area contributed by atoms with Gasteiger partial charge in [-0.05, 0) is 20.3 Å². The number of ketones is 1. The van der Waals surface area contributed by atoms with Crippen LogP contribution in [0.4, 0.5) is 0 Å². The Morgan fingerprint density at radius 3 is 2.74 bits per heavy atom. The maximum absolute atomic E-state index is 12.5. The lowest BCUT2D eigenvalue weighted by Crippen LogP contribution is -2.54. The third-order valence-electron chi connectivity index (χ3n) is 3.92. The smallest absolute Gasteiger partial charge is 0.179 e. The quantitative estimate of drug-likeness (QED) is 0.781. The second-order valence-corrected chi connectivity index (χ2v) is 5.31. The highest BCUT2D eigenvalue weighted by molar-refractivity contribution is 5.99. The molecule has 0 amide bonds. The predicted molar refractivity (Wildman–Crippen MR) is 76.4 cm³/mol. The van der Waals surface area contributed by atoms with E-state index in [1.165, 1.54) is 0 Å². The Balaban J connectivity index is 2.13. The fourth-order valence-electron chi connectivity index (χ4n) is 2.69. The van der Waals surface area contributed by atoms with Crippen LogP contribution >= 0.6 is 0 Å². The van der Waals surface area contributed by atoms with Crippen molar-refractivity contribution >= 4 is 5.78 Å². The fraction of sp³-hybridized carbons (Fsp3) is 0.562. The minimum absolute atomic E-state index is 0.0845. The molecule has 1 aromatic carbocycles. The summed E-state index contributed by atoms with van der Waals surface area (Å²) in [5, 5.41) is 0. The maximum Gasteiger partial charge on any atom is 0.179 e. The van der Waals surface area contributed by atoms with Crippen molar-refractivity contribution in [2.24, 2.45) is 0 Å². The van der Waals surface area contributed by atoms with Gasteiger partial charge in [-0.3, -0.25) is 9.69 Å². The zero-order valence-corrected chi connectivity index (χ0v) is 12.0. The van der Waals surface area contributed by atoms with Crippen LogP contribution < -0.4 is 0 Å². The summed E-state index contributed by atoms with van der Waals surface area (Å²) in [6.45, 7) is 7.79. The van der Waals surface area contributed by atoms with E-state index >= 15 is 0 Å². The van der Waals surface area contributed by atoms with Crippen molar-refractivity contribution < 1.29 is 9.53 Å². The van der Waals surface area contributed by atoms with E-state index in [9.17, 15) is 4.79 Å². The molecule has 3 unspecified atom stereocenters. The second kappa shape index (κ2) is 6.31. The Morgan fingerprint density at radius 2 is 2.11 bits per heavy atom. The molecule has 0 radical (unpaired) electrons. The van der Waals surface area contributed by atoms with Crippen LogP contribution in [0.25, 0.3) is 0 Å². The summed E-state index contributed by atoms with van der Waals surface area (Å²) in [6, 6.07) is 9.82. The number of morpholine rings is 1. The molecule has 19 heavy (non-hydrogen) atoms. The molecule has 0 aliphatic carbocycles. The van der Waals surface area contributed by atoms with Gasteiger partial charge < -0.3 is 4.74 Å². The highest BCUT2D eigenvalue weighted by Gasteiger charge is 2.32. The van der Waals surface area contributed by atoms with Gasteiger partial charge in [0.2, 0.25) is 0 Å². The summed E-state index contributed by atoms with van der Waals surface area (Å²) in [4.78, 5) is 14.8. The molecule has 3 atom stereocenters. The van der Waals surface area contributed by atoms with Crippen LogP contribution in [0.1, 0.15) is 37.6 Å². The SMILES string of the molecule is CCC1COC(C)CN1C(C)C(=O)c1ccccc1. The summed E-state index contributed by atoms with van der Waals surface area (Å²) < 4.78 is 5.69. The third-order valence-corrected chi connectivity index (χ3v) is 3.92. The first-order valence-corrected chi connectivity index (χ1v) is 7.10. The first-order chi connectivity index (χ1) is 9.13. The average molecular weight is 261 g/mol. The Hall–Kier alpha value is -1.19. The van der Waals surface area contributed by atoms with Crippen molar-refractivity contribution in [2.45, 2.75) is 45.4 Å². The summed E-state index contributed by atoms with van der Waals surface area (Å²) in [5.74, 6) is 0.202. The van der Waals surface area contributed by atoms with Crippen molar-refractivity contribution in [2.75, 3.05) is 13.2 Å². The summed E-state index contributed by atoms with van der Waals surface area (Å²) in [5.41, 5.74) is 0.795. The molecule has 1 aliphatic heterocycles. The van der Waals surface area contributed by atoms with Crippen molar-refractivity contribution in [3.63, 3.8) is 0 Å². The number of benzene rings is 1. The van der Waals surface area contributed by atoms with Crippen molar-refractivity contribution in [1.82, 2.24) is 4.90 Å². The molecule has 104 valence electrons. The van der Waals surface area contributed by atoms with E-state index in [4.69, 9.17) is 4.74 Å². The maximum atomic E-state index is 12.5. The topological polar surface area (TPSA) is 29.5 Å². The first kappa shape index (κ1) is 14.2. The fourth-order valence-corrected chi connectivity index (χ4v) is 2.69. The second-order valence-electron chi connectivity index (χ2n) is 5.31. The van der Waals surface area contributed by atoms with Gasteiger partial charge in [-0.2, -0.15) is 0 Å². The lowest BCUT2D eigenvalue weighted by atomic mass is 10.0. The summed E-state index contributed by atoms with van der Waals surface area (Å²) in [7, 11) is 0. The van der Waals surface area contributed by atoms with E-state index in [2.05, 4.69) is 18.7 Å². The monoisotopic (exact) mass is 261 g/mol. The normalized spacial score (nSPS) is 26.1. The number of Topliss-reactive ketones (excluding diaryl/α,β-unsaturated/α-hetero) is 1. The molecule has 2 rings (SSSR count). The van der Waals surface area contributed by atoms with Crippen LogP contribution in [0.2, 0.25) is 0 Å². The minimum atomic E-state index is -0.0845. The van der Waals surface area contributed by atoms with E-state index in [0.29, 0.717) is 6.04 Å². The molecule has 3 nitrogen and oxygen atoms in total. The number of ether oxygens (including phenoxy) is 1. The molecule has 1 heterocycles. The Morgan fingerprint density at radius 1 is 1.42 bits per heavy atom. The molecule has 0 N–H and O–H groups in total. The minimum Gasteiger partial charge on any atom is -0.376 e. The molecule has 0 saturated carbocycles. The Kier molecular flexibility index (Phi) is 4.72. The molecule has 0 spiro atoms.